The predicted octanol–water partition coefficient (Wildman–Crippen LogP) is 2.32. The molecular formula is C13H16FN3O2S. The molecular weight excluding hydrogens is 281 g/mol. The van der Waals surface area contributed by atoms with E-state index in [1.165, 1.54) is 10.6 Å². The summed E-state index contributed by atoms with van der Waals surface area (Å²) in [5.74, 6) is -0.438. The molecule has 0 saturated carbocycles. The fourth-order valence-electron chi connectivity index (χ4n) is 1.76. The van der Waals surface area contributed by atoms with Crippen LogP contribution in [0.1, 0.15) is 31.9 Å². The summed E-state index contributed by atoms with van der Waals surface area (Å²) in [6.07, 6.45) is 0.0726. The summed E-state index contributed by atoms with van der Waals surface area (Å²) in [4.78, 5) is 11.9. The van der Waals surface area contributed by atoms with Crippen LogP contribution in [0.5, 0.6) is 0 Å². The van der Waals surface area contributed by atoms with Crippen molar-refractivity contribution >= 4 is 11.8 Å². The average molecular weight is 297 g/mol. The topological polar surface area (TPSA) is 70.9 Å². The molecule has 0 spiro atoms. The number of rotatable bonds is 5. The highest BCUT2D eigenvalue weighted by atomic mass is 32.2. The van der Waals surface area contributed by atoms with E-state index in [0.29, 0.717) is 22.2 Å². The van der Waals surface area contributed by atoms with E-state index in [1.54, 1.807) is 19.1 Å². The molecule has 2 rings (SSSR count). The van der Waals surface area contributed by atoms with Crippen LogP contribution in [0.3, 0.4) is 0 Å². The fourth-order valence-corrected chi connectivity index (χ4v) is 2.62. The maximum Gasteiger partial charge on any atom is 0.343 e. The first-order chi connectivity index (χ1) is 9.52. The normalized spacial score (nSPS) is 12.6. The Bertz CT molecular complexity index is 651. The van der Waals surface area contributed by atoms with Crippen molar-refractivity contribution in [3.63, 3.8) is 0 Å². The molecule has 0 aliphatic rings. The number of H-pyrrole nitrogens is 1. The third-order valence-corrected chi connectivity index (χ3v) is 3.86. The number of halogens is 1. The zero-order valence-electron chi connectivity index (χ0n) is 11.3. The number of hydrogen-bond acceptors (Lipinski definition) is 4. The number of aliphatic hydroxyl groups is 1. The lowest BCUT2D eigenvalue weighted by Gasteiger charge is -2.08. The van der Waals surface area contributed by atoms with E-state index >= 15 is 0 Å². The van der Waals surface area contributed by atoms with Crippen molar-refractivity contribution in [1.82, 2.24) is 14.8 Å². The Morgan fingerprint density at radius 2 is 2.30 bits per heavy atom. The first kappa shape index (κ1) is 14.8. The molecule has 0 unspecified atom stereocenters. The highest BCUT2D eigenvalue weighted by Gasteiger charge is 2.13. The minimum atomic E-state index is -0.716. The van der Waals surface area contributed by atoms with E-state index in [4.69, 9.17) is 0 Å². The molecule has 0 radical (unpaired) electrons. The number of nitrogens with one attached hydrogen (secondary N) is 1. The molecule has 5 nitrogen and oxygen atoms in total. The lowest BCUT2D eigenvalue weighted by atomic mass is 10.1. The van der Waals surface area contributed by atoms with Gasteiger partial charge in [-0.1, -0.05) is 13.0 Å². The lowest BCUT2D eigenvalue weighted by Crippen LogP contribution is -2.17. The van der Waals surface area contributed by atoms with Crippen molar-refractivity contribution in [1.29, 1.82) is 0 Å². The first-order valence-corrected chi connectivity index (χ1v) is 7.15. The van der Waals surface area contributed by atoms with Crippen molar-refractivity contribution < 1.29 is 9.50 Å². The molecule has 20 heavy (non-hydrogen) atoms. The van der Waals surface area contributed by atoms with Crippen molar-refractivity contribution in [2.75, 3.05) is 0 Å². The second-order valence-electron chi connectivity index (χ2n) is 4.43. The predicted molar refractivity (Wildman–Crippen MR) is 74.3 cm³/mol. The van der Waals surface area contributed by atoms with E-state index < -0.39 is 11.9 Å². The summed E-state index contributed by atoms with van der Waals surface area (Å²) in [6, 6.07) is 4.53. The zero-order chi connectivity index (χ0) is 14.7. The van der Waals surface area contributed by atoms with Gasteiger partial charge in [-0.2, -0.15) is 0 Å². The minimum Gasteiger partial charge on any atom is -0.389 e. The minimum absolute atomic E-state index is 0.296. The first-order valence-electron chi connectivity index (χ1n) is 6.33. The molecule has 0 aliphatic carbocycles. The van der Waals surface area contributed by atoms with Crippen molar-refractivity contribution in [2.45, 2.75) is 43.0 Å². The number of aliphatic hydroxyl groups excluding tert-OH is 1. The van der Waals surface area contributed by atoms with Crippen LogP contribution in [0.25, 0.3) is 0 Å². The summed E-state index contributed by atoms with van der Waals surface area (Å²) < 4.78 is 15.4. The Labute approximate surface area is 119 Å². The van der Waals surface area contributed by atoms with Crippen LogP contribution in [-0.2, 0) is 6.54 Å². The van der Waals surface area contributed by atoms with Crippen LogP contribution in [0.2, 0.25) is 0 Å². The van der Waals surface area contributed by atoms with Gasteiger partial charge in [-0.3, -0.25) is 4.57 Å². The molecule has 0 bridgehead atoms. The number of benzene rings is 1. The molecule has 0 aliphatic heterocycles. The standard InChI is InChI=1S/C13H16FN3O2S/c1-3-6-17-12(19)15-16-13(17)20-11-5-4-9(8(2)18)7-10(11)14/h4-5,7-8,18H,3,6H2,1-2H3,(H,15,19)/t8-/m0/s1. The quantitative estimate of drug-likeness (QED) is 0.888. The summed E-state index contributed by atoms with van der Waals surface area (Å²) in [5, 5.41) is 16.1. The molecule has 1 aromatic heterocycles. The molecule has 0 amide bonds. The number of aromatic nitrogens is 3. The van der Waals surface area contributed by atoms with Crippen LogP contribution in [-0.4, -0.2) is 19.9 Å². The monoisotopic (exact) mass is 297 g/mol. The van der Waals surface area contributed by atoms with Gasteiger partial charge in [0.05, 0.1) is 11.0 Å². The van der Waals surface area contributed by atoms with E-state index in [-0.39, 0.29) is 5.69 Å². The number of hydrogen-bond donors (Lipinski definition) is 2. The van der Waals surface area contributed by atoms with Crippen LogP contribution in [0.15, 0.2) is 33.0 Å². The van der Waals surface area contributed by atoms with Crippen molar-refractivity contribution in [3.8, 4) is 0 Å². The largest absolute Gasteiger partial charge is 0.389 e. The molecule has 2 N–H and O–H groups in total. The van der Waals surface area contributed by atoms with Crippen LogP contribution in [0, 0.1) is 5.82 Å². The molecule has 7 heteroatoms. The summed E-state index contributed by atoms with van der Waals surface area (Å²) in [7, 11) is 0. The molecule has 0 fully saturated rings. The van der Waals surface area contributed by atoms with Gasteiger partial charge in [0.25, 0.3) is 0 Å². The van der Waals surface area contributed by atoms with Gasteiger partial charge >= 0.3 is 5.69 Å². The Morgan fingerprint density at radius 1 is 1.55 bits per heavy atom. The van der Waals surface area contributed by atoms with Gasteiger partial charge in [-0.05, 0) is 42.8 Å². The molecule has 2 aromatic rings. The molecule has 108 valence electrons. The van der Waals surface area contributed by atoms with Gasteiger partial charge in [-0.25, -0.2) is 14.3 Å². The molecule has 1 aromatic carbocycles. The Balaban J connectivity index is 2.28. The van der Waals surface area contributed by atoms with Crippen molar-refractivity contribution in [2.24, 2.45) is 0 Å². The van der Waals surface area contributed by atoms with Gasteiger partial charge in [0, 0.05) is 6.54 Å². The van der Waals surface area contributed by atoms with Crippen LogP contribution in [0.4, 0.5) is 4.39 Å². The molecule has 1 heterocycles. The van der Waals surface area contributed by atoms with E-state index in [2.05, 4.69) is 10.2 Å². The second-order valence-corrected chi connectivity index (χ2v) is 5.44. The molecule has 1 atom stereocenters. The molecule has 0 saturated heterocycles. The zero-order valence-corrected chi connectivity index (χ0v) is 12.1. The SMILES string of the molecule is CCCn1c(Sc2ccc([C@H](C)O)cc2F)n[nH]c1=O. The number of aromatic amines is 1. The number of nitrogens with zero attached hydrogens (tertiary/aromatic N) is 2. The fraction of sp³-hybridized carbons (Fsp3) is 0.385. The Morgan fingerprint density at radius 3 is 2.90 bits per heavy atom. The van der Waals surface area contributed by atoms with Crippen LogP contribution < -0.4 is 5.69 Å². The Kier molecular flexibility index (Phi) is 4.61. The van der Waals surface area contributed by atoms with E-state index in [9.17, 15) is 14.3 Å². The average Bonchev–Trinajstić information content (AvgIpc) is 2.74. The van der Waals surface area contributed by atoms with Gasteiger partial charge in [-0.15, -0.1) is 5.10 Å². The summed E-state index contributed by atoms with van der Waals surface area (Å²) in [5.41, 5.74) is 0.218. The smallest absolute Gasteiger partial charge is 0.343 e. The lowest BCUT2D eigenvalue weighted by molar-refractivity contribution is 0.198. The van der Waals surface area contributed by atoms with Gasteiger partial charge < -0.3 is 5.11 Å². The third-order valence-electron chi connectivity index (χ3n) is 2.81. The van der Waals surface area contributed by atoms with E-state index in [1.807, 2.05) is 6.92 Å². The maximum absolute atomic E-state index is 14.0. The van der Waals surface area contributed by atoms with Crippen molar-refractivity contribution in [3.05, 3.63) is 40.1 Å². The summed E-state index contributed by atoms with van der Waals surface area (Å²) >= 11 is 1.09. The highest BCUT2D eigenvalue weighted by molar-refractivity contribution is 7.99. The third kappa shape index (κ3) is 3.10. The Hall–Kier alpha value is -1.60. The second kappa shape index (κ2) is 6.23. The van der Waals surface area contributed by atoms with Crippen LogP contribution >= 0.6 is 11.8 Å². The highest BCUT2D eigenvalue weighted by Crippen LogP contribution is 2.29. The summed E-state index contributed by atoms with van der Waals surface area (Å²) in [6.45, 7) is 4.06. The van der Waals surface area contributed by atoms with E-state index in [0.717, 1.165) is 18.2 Å². The maximum atomic E-state index is 14.0. The van der Waals surface area contributed by atoms with Gasteiger partial charge in [0.15, 0.2) is 5.16 Å². The van der Waals surface area contributed by atoms with Gasteiger partial charge in [0.1, 0.15) is 5.82 Å². The van der Waals surface area contributed by atoms with Gasteiger partial charge in [0.2, 0.25) is 0 Å².